The minimum absolute atomic E-state index is 0. The van der Waals surface area contributed by atoms with Crippen LogP contribution in [0.1, 0.15) is 31.1 Å². The van der Waals surface area contributed by atoms with Crippen molar-refractivity contribution in [2.45, 2.75) is 25.4 Å². The molecular weight excluding hydrogens is 680 g/mol. The molecule has 3 aromatic heterocycles. The van der Waals surface area contributed by atoms with E-state index in [0.29, 0.717) is 17.1 Å². The van der Waals surface area contributed by atoms with E-state index in [9.17, 15) is 22.0 Å². The average molecular weight is 699 g/mol. The summed E-state index contributed by atoms with van der Waals surface area (Å²) in [5, 5.41) is 6.60. The van der Waals surface area contributed by atoms with Gasteiger partial charge < -0.3 is 19.6 Å². The van der Waals surface area contributed by atoms with E-state index in [0.717, 1.165) is 12.1 Å². The van der Waals surface area contributed by atoms with Crippen LogP contribution in [0.5, 0.6) is 11.5 Å². The first kappa shape index (κ1) is 28.2. The summed E-state index contributed by atoms with van der Waals surface area (Å²) >= 11 is 0. The van der Waals surface area contributed by atoms with Crippen molar-refractivity contribution >= 4 is 0 Å². The van der Waals surface area contributed by atoms with E-state index >= 15 is 0 Å². The van der Waals surface area contributed by atoms with Crippen molar-refractivity contribution in [1.82, 2.24) is 25.1 Å². The third kappa shape index (κ3) is 5.79. The summed E-state index contributed by atoms with van der Waals surface area (Å²) in [6.45, 7) is 3.50. The first-order valence-electron chi connectivity index (χ1n) is 10.4. The van der Waals surface area contributed by atoms with E-state index in [4.69, 9.17) is 9.47 Å². The summed E-state index contributed by atoms with van der Waals surface area (Å²) in [5.41, 5.74) is -0.222. The molecule has 0 aliphatic carbocycles. The van der Waals surface area contributed by atoms with Crippen LogP contribution < -0.4 is 14.6 Å². The fourth-order valence-electron chi connectivity index (χ4n) is 3.37. The minimum atomic E-state index is -4.76. The summed E-state index contributed by atoms with van der Waals surface area (Å²) in [6.07, 6.45) is -4.76. The number of hydrogen-bond acceptors (Lipinski definition) is 6. The van der Waals surface area contributed by atoms with Gasteiger partial charge in [0.2, 0.25) is 0 Å². The molecule has 37 heavy (non-hydrogen) atoms. The van der Waals surface area contributed by atoms with E-state index in [1.54, 1.807) is 26.0 Å². The molecule has 0 saturated carbocycles. The Bertz CT molecular complexity index is 1430. The third-order valence-electron chi connectivity index (χ3n) is 5.40. The Morgan fingerprint density at radius 1 is 0.838 bits per heavy atom. The van der Waals surface area contributed by atoms with Crippen molar-refractivity contribution in [2.75, 3.05) is 14.2 Å². The molecule has 0 atom stereocenters. The molecule has 1 aromatic carbocycles. The molecular formula is C24H18F5N5O2Pt. The standard InChI is InChI=1S/C24H18F5N5O2.Pt/c1-23(2,19-10-13(35-3)8-17(30-19)15-6-5-12(25)7-16(15)26)20-11-14(36-4)9-18(31-20)21-32-22(34-33-21)24(27,28)29;/h5,7-11H,1-4H3;/q-2;+2. The number of pyridine rings is 2. The van der Waals surface area contributed by atoms with Crippen LogP contribution in [0.15, 0.2) is 36.4 Å². The molecule has 4 rings (SSSR count). The number of nitrogens with zero attached hydrogens (tertiary/aromatic N) is 5. The van der Waals surface area contributed by atoms with Crippen LogP contribution in [-0.2, 0) is 32.7 Å². The first-order valence-corrected chi connectivity index (χ1v) is 10.4. The molecule has 0 radical (unpaired) electrons. The van der Waals surface area contributed by atoms with Crippen LogP contribution >= 0.6 is 0 Å². The summed E-state index contributed by atoms with van der Waals surface area (Å²) in [5.74, 6) is -2.75. The molecule has 0 bridgehead atoms. The quantitative estimate of drug-likeness (QED) is 0.207. The maximum Gasteiger partial charge on any atom is 2.00 e. The summed E-state index contributed by atoms with van der Waals surface area (Å²) < 4.78 is 77.5. The van der Waals surface area contributed by atoms with Crippen molar-refractivity contribution < 1.29 is 52.5 Å². The van der Waals surface area contributed by atoms with Crippen molar-refractivity contribution in [3.63, 3.8) is 0 Å². The number of hydrogen-bond donors (Lipinski definition) is 0. The zero-order valence-electron chi connectivity index (χ0n) is 19.7. The number of rotatable bonds is 6. The number of aromatic nitrogens is 5. The van der Waals surface area contributed by atoms with Gasteiger partial charge in [0, 0.05) is 40.9 Å². The Balaban J connectivity index is 0.00000380. The second-order valence-electron chi connectivity index (χ2n) is 8.18. The van der Waals surface area contributed by atoms with E-state index in [1.165, 1.54) is 26.4 Å². The summed E-state index contributed by atoms with van der Waals surface area (Å²) in [4.78, 5) is 12.4. The second-order valence-corrected chi connectivity index (χ2v) is 8.18. The molecule has 0 aliphatic rings. The molecule has 0 N–H and O–H groups in total. The number of halogens is 5. The molecule has 3 heterocycles. The molecule has 0 unspecified atom stereocenters. The van der Waals surface area contributed by atoms with Gasteiger partial charge in [-0.25, -0.2) is 0 Å². The fourth-order valence-corrected chi connectivity index (χ4v) is 3.37. The molecule has 196 valence electrons. The number of ether oxygens (including phenoxy) is 2. The van der Waals surface area contributed by atoms with Gasteiger partial charge >= 0.3 is 27.2 Å². The molecule has 0 fully saturated rings. The van der Waals surface area contributed by atoms with Gasteiger partial charge in [-0.15, -0.1) is 12.1 Å². The predicted molar refractivity (Wildman–Crippen MR) is 117 cm³/mol. The predicted octanol–water partition coefficient (Wildman–Crippen LogP) is 5.00. The van der Waals surface area contributed by atoms with Gasteiger partial charge in [0.15, 0.2) is 0 Å². The maximum absolute atomic E-state index is 14.5. The van der Waals surface area contributed by atoms with Crippen LogP contribution in [0.25, 0.3) is 22.8 Å². The van der Waals surface area contributed by atoms with Crippen LogP contribution in [0.4, 0.5) is 22.0 Å². The number of methoxy groups -OCH3 is 2. The molecule has 0 saturated heterocycles. The third-order valence-corrected chi connectivity index (χ3v) is 5.40. The van der Waals surface area contributed by atoms with Crippen LogP contribution in [0, 0.1) is 17.7 Å². The maximum atomic E-state index is 14.5. The van der Waals surface area contributed by atoms with E-state index < -0.39 is 29.1 Å². The molecule has 13 heteroatoms. The molecule has 0 amide bonds. The van der Waals surface area contributed by atoms with E-state index in [-0.39, 0.29) is 49.6 Å². The Morgan fingerprint density at radius 2 is 1.41 bits per heavy atom. The second kappa shape index (κ2) is 10.5. The Labute approximate surface area is 222 Å². The molecule has 4 aromatic rings. The monoisotopic (exact) mass is 698 g/mol. The van der Waals surface area contributed by atoms with Gasteiger partial charge in [0.05, 0.1) is 25.6 Å². The Kier molecular flexibility index (Phi) is 8.02. The topological polar surface area (TPSA) is 84.1 Å². The van der Waals surface area contributed by atoms with Crippen LogP contribution in [0.2, 0.25) is 0 Å². The van der Waals surface area contributed by atoms with Gasteiger partial charge in [-0.2, -0.15) is 13.2 Å². The SMILES string of the molecule is COc1cc(-c2nc(C(F)(F)F)n[n-]2)nc(C(C)(C)c2cc(OC)cc(-c3[c-]cc(F)cc3F)n2)c1.[Pt+2]. The zero-order valence-corrected chi connectivity index (χ0v) is 22.0. The number of benzene rings is 1. The van der Waals surface area contributed by atoms with Crippen molar-refractivity contribution in [2.24, 2.45) is 0 Å². The van der Waals surface area contributed by atoms with Gasteiger partial charge in [-0.05, 0) is 31.4 Å². The van der Waals surface area contributed by atoms with Crippen LogP contribution in [-0.4, -0.2) is 34.3 Å². The smallest absolute Gasteiger partial charge is 0.497 e. The van der Waals surface area contributed by atoms with Crippen molar-refractivity contribution in [3.05, 3.63) is 71.3 Å². The minimum Gasteiger partial charge on any atom is -0.497 e. The van der Waals surface area contributed by atoms with Gasteiger partial charge in [0.25, 0.3) is 0 Å². The zero-order chi connectivity index (χ0) is 26.3. The Hall–Kier alpha value is -3.40. The largest absolute Gasteiger partial charge is 2.00 e. The summed E-state index contributed by atoms with van der Waals surface area (Å²) in [6, 6.07) is 10.3. The van der Waals surface area contributed by atoms with Gasteiger partial charge in [-0.1, -0.05) is 11.6 Å². The summed E-state index contributed by atoms with van der Waals surface area (Å²) in [7, 11) is 2.80. The van der Waals surface area contributed by atoms with Gasteiger partial charge in [0.1, 0.15) is 17.3 Å². The van der Waals surface area contributed by atoms with E-state index in [1.807, 2.05) is 0 Å². The average Bonchev–Trinajstić information content (AvgIpc) is 3.34. The van der Waals surface area contributed by atoms with Crippen molar-refractivity contribution in [3.8, 4) is 34.3 Å². The molecule has 0 spiro atoms. The van der Waals surface area contributed by atoms with Gasteiger partial charge in [-0.3, -0.25) is 23.8 Å². The first-order chi connectivity index (χ1) is 16.9. The van der Waals surface area contributed by atoms with E-state index in [2.05, 4.69) is 31.2 Å². The number of alkyl halides is 3. The molecule has 7 nitrogen and oxygen atoms in total. The fraction of sp³-hybridized carbons (Fsp3) is 0.250. The van der Waals surface area contributed by atoms with Crippen LogP contribution in [0.3, 0.4) is 0 Å². The molecule has 0 aliphatic heterocycles. The Morgan fingerprint density at radius 3 is 1.92 bits per heavy atom. The normalized spacial score (nSPS) is 11.7. The van der Waals surface area contributed by atoms with Crippen molar-refractivity contribution in [1.29, 1.82) is 0 Å².